The number of ether oxygens (including phenoxy) is 1. The highest BCUT2D eigenvalue weighted by molar-refractivity contribution is 6.02. The molecule has 5 nitrogen and oxygen atoms in total. The van der Waals surface area contributed by atoms with E-state index in [9.17, 15) is 9.59 Å². The molecule has 1 aliphatic carbocycles. The molecule has 3 aromatic rings. The maximum Gasteiger partial charge on any atom is 0.255 e. The van der Waals surface area contributed by atoms with Gasteiger partial charge in [0.15, 0.2) is 5.78 Å². The molecule has 1 unspecified atom stereocenters. The molecule has 1 fully saturated rings. The molecule has 2 aromatic carbocycles. The largest absolute Gasteiger partial charge is 0.485 e. The van der Waals surface area contributed by atoms with Gasteiger partial charge in [0, 0.05) is 22.9 Å². The topological polar surface area (TPSA) is 59.8 Å². The molecule has 2 aliphatic rings. The number of fused-ring (bicyclic) bond motifs is 2. The summed E-state index contributed by atoms with van der Waals surface area (Å²) in [6, 6.07) is 14.9. The number of carbonyl (C=O) groups excluding carboxylic acids is 2. The van der Waals surface area contributed by atoms with Gasteiger partial charge in [-0.2, -0.15) is 0 Å². The van der Waals surface area contributed by atoms with E-state index < -0.39 is 0 Å². The average molecular weight is 387 g/mol. The standard InChI is InChI=1S/C24H21NO4/c1-15-9-10-20(21(26)11-15)25-13-19-18(24(25)27)6-4-8-23(19)28-14-17-12-16-5-2-3-7-22(16)29-17/h2-8,12,20H,1,9-11,13-14H2. The predicted octanol–water partition coefficient (Wildman–Crippen LogP) is 4.65. The lowest BCUT2D eigenvalue weighted by Gasteiger charge is -2.30. The van der Waals surface area contributed by atoms with E-state index in [0.717, 1.165) is 34.3 Å². The Morgan fingerprint density at radius 1 is 1.14 bits per heavy atom. The second-order valence-electron chi connectivity index (χ2n) is 7.70. The van der Waals surface area contributed by atoms with E-state index in [1.54, 1.807) is 11.0 Å². The number of benzene rings is 2. The molecule has 1 amide bonds. The van der Waals surface area contributed by atoms with Crippen LogP contribution in [-0.2, 0) is 17.9 Å². The van der Waals surface area contributed by atoms with Crippen molar-refractivity contribution in [2.75, 3.05) is 0 Å². The van der Waals surface area contributed by atoms with Crippen molar-refractivity contribution in [2.24, 2.45) is 0 Å². The summed E-state index contributed by atoms with van der Waals surface area (Å²) in [4.78, 5) is 27.1. The number of nitrogens with zero attached hydrogens (tertiary/aromatic N) is 1. The minimum atomic E-state index is -0.372. The van der Waals surface area contributed by atoms with Crippen LogP contribution in [0.25, 0.3) is 11.0 Å². The van der Waals surface area contributed by atoms with Crippen molar-refractivity contribution >= 4 is 22.7 Å². The molecule has 5 rings (SSSR count). The van der Waals surface area contributed by atoms with Crippen LogP contribution in [0.5, 0.6) is 5.75 Å². The highest BCUT2D eigenvalue weighted by Crippen LogP contribution is 2.35. The Balaban J connectivity index is 1.36. The third-order valence-electron chi connectivity index (χ3n) is 5.74. The van der Waals surface area contributed by atoms with Gasteiger partial charge in [0.1, 0.15) is 23.7 Å². The first-order valence-corrected chi connectivity index (χ1v) is 9.82. The van der Waals surface area contributed by atoms with Crippen LogP contribution in [0.3, 0.4) is 0 Å². The molecule has 2 heterocycles. The Labute approximate surface area is 168 Å². The van der Waals surface area contributed by atoms with Crippen molar-refractivity contribution < 1.29 is 18.7 Å². The molecular weight excluding hydrogens is 366 g/mol. The lowest BCUT2D eigenvalue weighted by Crippen LogP contribution is -2.43. The number of carbonyl (C=O) groups is 2. The maximum absolute atomic E-state index is 12.9. The number of hydrogen-bond acceptors (Lipinski definition) is 4. The first-order valence-electron chi connectivity index (χ1n) is 9.82. The quantitative estimate of drug-likeness (QED) is 0.612. The summed E-state index contributed by atoms with van der Waals surface area (Å²) in [6.07, 6.45) is 1.79. The second kappa shape index (κ2) is 6.92. The molecule has 0 radical (unpaired) electrons. The summed E-state index contributed by atoms with van der Waals surface area (Å²) in [5.41, 5.74) is 3.23. The Morgan fingerprint density at radius 3 is 2.83 bits per heavy atom. The molecule has 0 spiro atoms. The number of Topliss-reactive ketones (excluding diaryl/α,β-unsaturated/α-hetero) is 1. The Morgan fingerprint density at radius 2 is 2.00 bits per heavy atom. The summed E-state index contributed by atoms with van der Waals surface area (Å²) in [5.74, 6) is 1.37. The summed E-state index contributed by atoms with van der Waals surface area (Å²) in [6.45, 7) is 4.59. The summed E-state index contributed by atoms with van der Waals surface area (Å²) >= 11 is 0. The van der Waals surface area contributed by atoms with Crippen molar-refractivity contribution in [1.82, 2.24) is 4.90 Å². The normalized spacial score (nSPS) is 19.1. The number of amides is 1. The Bertz CT molecular complexity index is 1110. The smallest absolute Gasteiger partial charge is 0.255 e. The number of hydrogen-bond donors (Lipinski definition) is 0. The van der Waals surface area contributed by atoms with E-state index >= 15 is 0 Å². The van der Waals surface area contributed by atoms with Crippen molar-refractivity contribution in [2.45, 2.75) is 38.5 Å². The van der Waals surface area contributed by atoms with Crippen LogP contribution in [0.1, 0.15) is 40.9 Å². The molecule has 0 saturated heterocycles. The Hall–Kier alpha value is -3.34. The van der Waals surface area contributed by atoms with Gasteiger partial charge in [-0.3, -0.25) is 9.59 Å². The maximum atomic E-state index is 12.9. The van der Waals surface area contributed by atoms with E-state index in [1.165, 1.54) is 0 Å². The summed E-state index contributed by atoms with van der Waals surface area (Å²) in [5, 5.41) is 1.03. The first-order chi connectivity index (χ1) is 14.1. The SMILES string of the molecule is C=C1CCC(N2Cc3c(OCc4cc5ccccc5o4)cccc3C2=O)C(=O)C1. The van der Waals surface area contributed by atoms with Crippen LogP contribution in [0.15, 0.2) is 65.1 Å². The van der Waals surface area contributed by atoms with Gasteiger partial charge in [-0.05, 0) is 37.1 Å². The second-order valence-corrected chi connectivity index (χ2v) is 7.70. The fourth-order valence-electron chi connectivity index (χ4n) is 4.25. The predicted molar refractivity (Wildman–Crippen MR) is 109 cm³/mol. The fraction of sp³-hybridized carbons (Fsp3) is 0.250. The van der Waals surface area contributed by atoms with Crippen LogP contribution < -0.4 is 4.74 Å². The molecule has 0 N–H and O–H groups in total. The lowest BCUT2D eigenvalue weighted by atomic mass is 9.90. The van der Waals surface area contributed by atoms with Crippen LogP contribution in [-0.4, -0.2) is 22.6 Å². The van der Waals surface area contributed by atoms with E-state index in [4.69, 9.17) is 9.15 Å². The number of para-hydroxylation sites is 1. The zero-order valence-corrected chi connectivity index (χ0v) is 16.0. The van der Waals surface area contributed by atoms with Gasteiger partial charge >= 0.3 is 0 Å². The van der Waals surface area contributed by atoms with Crippen LogP contribution in [0, 0.1) is 0 Å². The van der Waals surface area contributed by atoms with Crippen molar-refractivity contribution in [3.63, 3.8) is 0 Å². The monoisotopic (exact) mass is 387 g/mol. The average Bonchev–Trinajstić information content (AvgIpc) is 3.28. The summed E-state index contributed by atoms with van der Waals surface area (Å²) in [7, 11) is 0. The number of furan rings is 1. The van der Waals surface area contributed by atoms with Gasteiger partial charge < -0.3 is 14.1 Å². The van der Waals surface area contributed by atoms with Crippen molar-refractivity contribution in [3.8, 4) is 5.75 Å². The van der Waals surface area contributed by atoms with Crippen molar-refractivity contribution in [1.29, 1.82) is 0 Å². The molecule has 0 bridgehead atoms. The minimum absolute atomic E-state index is 0.0761. The van der Waals surface area contributed by atoms with Gasteiger partial charge in [-0.25, -0.2) is 0 Å². The van der Waals surface area contributed by atoms with Crippen molar-refractivity contribution in [3.05, 3.63) is 77.6 Å². The van der Waals surface area contributed by atoms with E-state index in [-0.39, 0.29) is 24.3 Å². The molecule has 1 aromatic heterocycles. The van der Waals surface area contributed by atoms with Crippen LogP contribution in [0.2, 0.25) is 0 Å². The highest BCUT2D eigenvalue weighted by Gasteiger charge is 2.39. The molecule has 1 aliphatic heterocycles. The minimum Gasteiger partial charge on any atom is -0.485 e. The van der Waals surface area contributed by atoms with Gasteiger partial charge in [0.2, 0.25) is 0 Å². The number of allylic oxidation sites excluding steroid dienone is 1. The molecule has 5 heteroatoms. The zero-order valence-electron chi connectivity index (χ0n) is 16.0. The molecule has 1 atom stereocenters. The molecule has 146 valence electrons. The number of rotatable bonds is 4. The third kappa shape index (κ3) is 3.12. The Kier molecular flexibility index (Phi) is 4.23. The van der Waals surface area contributed by atoms with Gasteiger partial charge in [-0.15, -0.1) is 0 Å². The fourth-order valence-corrected chi connectivity index (χ4v) is 4.25. The van der Waals surface area contributed by atoms with E-state index in [0.29, 0.717) is 30.7 Å². The van der Waals surface area contributed by atoms with Crippen LogP contribution >= 0.6 is 0 Å². The zero-order chi connectivity index (χ0) is 20.0. The van der Waals surface area contributed by atoms with Gasteiger partial charge in [-0.1, -0.05) is 36.4 Å². The number of ketones is 1. The van der Waals surface area contributed by atoms with E-state index in [1.807, 2.05) is 42.5 Å². The first kappa shape index (κ1) is 17.7. The molecular formula is C24H21NO4. The lowest BCUT2D eigenvalue weighted by molar-refractivity contribution is -0.124. The highest BCUT2D eigenvalue weighted by atomic mass is 16.5. The van der Waals surface area contributed by atoms with Crippen LogP contribution in [0.4, 0.5) is 0 Å². The van der Waals surface area contributed by atoms with E-state index in [2.05, 4.69) is 6.58 Å². The van der Waals surface area contributed by atoms with Gasteiger partial charge in [0.05, 0.1) is 12.6 Å². The molecule has 1 saturated carbocycles. The van der Waals surface area contributed by atoms with Gasteiger partial charge in [0.25, 0.3) is 5.91 Å². The summed E-state index contributed by atoms with van der Waals surface area (Å²) < 4.78 is 11.8. The third-order valence-corrected chi connectivity index (χ3v) is 5.74. The molecule has 29 heavy (non-hydrogen) atoms.